The summed E-state index contributed by atoms with van der Waals surface area (Å²) in [6, 6.07) is 3.29. The zero-order chi connectivity index (χ0) is 16.2. The van der Waals surface area contributed by atoms with Crippen molar-refractivity contribution in [1.82, 2.24) is 9.88 Å². The van der Waals surface area contributed by atoms with Crippen LogP contribution in [0.1, 0.15) is 43.5 Å². The fraction of sp³-hybridized carbons (Fsp3) is 0.529. The van der Waals surface area contributed by atoms with Crippen molar-refractivity contribution in [2.24, 2.45) is 5.41 Å². The number of amides is 1. The van der Waals surface area contributed by atoms with E-state index in [9.17, 15) is 9.90 Å². The molecule has 1 atom stereocenters. The number of aliphatic hydroxyl groups excluding tert-OH is 1. The number of nitrogens with zero attached hydrogens (tertiary/aromatic N) is 2. The molecule has 0 bridgehead atoms. The van der Waals surface area contributed by atoms with Gasteiger partial charge in [0.2, 0.25) is 0 Å². The molecule has 1 aromatic heterocycles. The van der Waals surface area contributed by atoms with Gasteiger partial charge in [-0.2, -0.15) is 0 Å². The van der Waals surface area contributed by atoms with E-state index in [1.54, 1.807) is 18.3 Å². The maximum Gasteiger partial charge on any atom is 0.254 e. The van der Waals surface area contributed by atoms with Crippen LogP contribution in [0.15, 0.2) is 30.0 Å². The molecule has 5 heteroatoms. The van der Waals surface area contributed by atoms with Gasteiger partial charge in [0.15, 0.2) is 0 Å². The SMILES string of the molecule is CC(C)=CC[C@@]1(CO)CCCN(C(=O)c2ccnc(N)c2)C1. The van der Waals surface area contributed by atoms with Crippen LogP contribution >= 0.6 is 0 Å². The van der Waals surface area contributed by atoms with Crippen LogP contribution in [-0.2, 0) is 0 Å². The molecule has 3 N–H and O–H groups in total. The van der Waals surface area contributed by atoms with Gasteiger partial charge in [0.05, 0.1) is 6.61 Å². The van der Waals surface area contributed by atoms with E-state index in [0.717, 1.165) is 25.8 Å². The van der Waals surface area contributed by atoms with Crippen molar-refractivity contribution in [1.29, 1.82) is 0 Å². The van der Waals surface area contributed by atoms with E-state index >= 15 is 0 Å². The van der Waals surface area contributed by atoms with Gasteiger partial charge in [-0.1, -0.05) is 11.6 Å². The van der Waals surface area contributed by atoms with Crippen LogP contribution < -0.4 is 5.73 Å². The molecule has 1 aliphatic heterocycles. The Labute approximate surface area is 131 Å². The van der Waals surface area contributed by atoms with Crippen LogP contribution in [-0.4, -0.2) is 40.6 Å². The van der Waals surface area contributed by atoms with Gasteiger partial charge in [0.1, 0.15) is 5.82 Å². The number of anilines is 1. The first kappa shape index (κ1) is 16.5. The van der Waals surface area contributed by atoms with Crippen LogP contribution in [0, 0.1) is 5.41 Å². The maximum atomic E-state index is 12.6. The number of piperidine rings is 1. The molecule has 5 nitrogen and oxygen atoms in total. The predicted octanol–water partition coefficient (Wildman–Crippen LogP) is 2.23. The number of hydrogen-bond donors (Lipinski definition) is 2. The number of nitrogens with two attached hydrogens (primary N) is 1. The number of nitrogen functional groups attached to an aromatic ring is 1. The summed E-state index contributed by atoms with van der Waals surface area (Å²) in [7, 11) is 0. The Balaban J connectivity index is 2.15. The number of likely N-dealkylation sites (tertiary alicyclic amines) is 1. The third-order valence-corrected chi connectivity index (χ3v) is 4.26. The molecule has 120 valence electrons. The second-order valence-corrected chi connectivity index (χ2v) is 6.44. The van der Waals surface area contributed by atoms with Gasteiger partial charge in [-0.3, -0.25) is 4.79 Å². The van der Waals surface area contributed by atoms with Crippen molar-refractivity contribution in [3.63, 3.8) is 0 Å². The molecule has 0 aliphatic carbocycles. The first-order valence-electron chi connectivity index (χ1n) is 7.71. The van der Waals surface area contributed by atoms with Crippen LogP contribution in [0.4, 0.5) is 5.82 Å². The van der Waals surface area contributed by atoms with Crippen molar-refractivity contribution >= 4 is 11.7 Å². The monoisotopic (exact) mass is 303 g/mol. The largest absolute Gasteiger partial charge is 0.396 e. The zero-order valence-corrected chi connectivity index (χ0v) is 13.4. The lowest BCUT2D eigenvalue weighted by Gasteiger charge is -2.41. The average molecular weight is 303 g/mol. The number of aromatic nitrogens is 1. The van der Waals surface area contributed by atoms with Crippen molar-refractivity contribution in [3.05, 3.63) is 35.5 Å². The van der Waals surface area contributed by atoms with Gasteiger partial charge >= 0.3 is 0 Å². The molecule has 1 saturated heterocycles. The number of hydrogen-bond acceptors (Lipinski definition) is 4. The Morgan fingerprint density at radius 3 is 2.95 bits per heavy atom. The van der Waals surface area contributed by atoms with Crippen molar-refractivity contribution in [2.45, 2.75) is 33.1 Å². The highest BCUT2D eigenvalue weighted by molar-refractivity contribution is 5.94. The highest BCUT2D eigenvalue weighted by Gasteiger charge is 2.36. The van der Waals surface area contributed by atoms with Gasteiger partial charge in [0.25, 0.3) is 5.91 Å². The molecule has 0 aromatic carbocycles. The third kappa shape index (κ3) is 3.85. The summed E-state index contributed by atoms with van der Waals surface area (Å²) < 4.78 is 0. The normalized spacial score (nSPS) is 21.5. The van der Waals surface area contributed by atoms with Crippen molar-refractivity contribution in [3.8, 4) is 0 Å². The Morgan fingerprint density at radius 2 is 2.32 bits per heavy atom. The van der Waals surface area contributed by atoms with Crippen LogP contribution in [0.5, 0.6) is 0 Å². The Morgan fingerprint density at radius 1 is 1.55 bits per heavy atom. The summed E-state index contributed by atoms with van der Waals surface area (Å²) in [4.78, 5) is 18.4. The molecular weight excluding hydrogens is 278 g/mol. The highest BCUT2D eigenvalue weighted by atomic mass is 16.3. The maximum absolute atomic E-state index is 12.6. The van der Waals surface area contributed by atoms with Gasteiger partial charge < -0.3 is 15.7 Å². The topological polar surface area (TPSA) is 79.5 Å². The molecule has 0 saturated carbocycles. The van der Waals surface area contributed by atoms with E-state index in [1.165, 1.54) is 5.57 Å². The van der Waals surface area contributed by atoms with Crippen LogP contribution in [0.3, 0.4) is 0 Å². The molecule has 0 unspecified atom stereocenters. The standard InChI is InChI=1S/C17H25N3O2/c1-13(2)4-7-17(12-21)6-3-9-20(11-17)16(22)14-5-8-19-15(18)10-14/h4-5,8,10,21H,3,6-7,9,11-12H2,1-2H3,(H2,18,19)/t17-/m0/s1. The van der Waals surface area contributed by atoms with E-state index in [4.69, 9.17) is 5.73 Å². The molecule has 1 amide bonds. The lowest BCUT2D eigenvalue weighted by Crippen LogP contribution is -2.47. The first-order chi connectivity index (χ1) is 10.5. The summed E-state index contributed by atoms with van der Waals surface area (Å²) in [5.74, 6) is 0.310. The molecule has 2 heterocycles. The molecule has 0 spiro atoms. The Kier molecular flexibility index (Phi) is 5.19. The molecule has 22 heavy (non-hydrogen) atoms. The number of carbonyl (C=O) groups is 1. The van der Waals surface area contributed by atoms with E-state index < -0.39 is 0 Å². The lowest BCUT2D eigenvalue weighted by molar-refractivity contribution is 0.0284. The van der Waals surface area contributed by atoms with E-state index in [-0.39, 0.29) is 17.9 Å². The van der Waals surface area contributed by atoms with E-state index in [1.807, 2.05) is 4.90 Å². The predicted molar refractivity (Wildman–Crippen MR) is 87.4 cm³/mol. The molecule has 1 fully saturated rings. The minimum absolute atomic E-state index is 0.0381. The highest BCUT2D eigenvalue weighted by Crippen LogP contribution is 2.34. The lowest BCUT2D eigenvalue weighted by atomic mass is 9.77. The number of allylic oxidation sites excluding steroid dienone is 2. The van der Waals surface area contributed by atoms with Gasteiger partial charge in [0, 0.05) is 30.3 Å². The van der Waals surface area contributed by atoms with Crippen molar-refractivity contribution < 1.29 is 9.90 Å². The zero-order valence-electron chi connectivity index (χ0n) is 13.4. The molecule has 0 radical (unpaired) electrons. The summed E-state index contributed by atoms with van der Waals surface area (Å²) in [6.07, 6.45) is 6.34. The molecule has 1 aromatic rings. The molecular formula is C17H25N3O2. The fourth-order valence-corrected chi connectivity index (χ4v) is 2.93. The number of pyridine rings is 1. The van der Waals surface area contributed by atoms with Crippen LogP contribution in [0.25, 0.3) is 0 Å². The second kappa shape index (κ2) is 6.92. The summed E-state index contributed by atoms with van der Waals surface area (Å²) in [5.41, 5.74) is 7.22. The Bertz CT molecular complexity index is 567. The third-order valence-electron chi connectivity index (χ3n) is 4.26. The number of rotatable bonds is 4. The smallest absolute Gasteiger partial charge is 0.254 e. The van der Waals surface area contributed by atoms with Gasteiger partial charge in [-0.05, 0) is 45.2 Å². The van der Waals surface area contributed by atoms with Gasteiger partial charge in [-0.15, -0.1) is 0 Å². The van der Waals surface area contributed by atoms with E-state index in [0.29, 0.717) is 17.9 Å². The summed E-state index contributed by atoms with van der Waals surface area (Å²) >= 11 is 0. The number of carbonyl (C=O) groups excluding carboxylic acids is 1. The quantitative estimate of drug-likeness (QED) is 0.836. The van der Waals surface area contributed by atoms with Gasteiger partial charge in [-0.25, -0.2) is 4.98 Å². The summed E-state index contributed by atoms with van der Waals surface area (Å²) in [6.45, 7) is 5.50. The minimum atomic E-state index is -0.232. The Hall–Kier alpha value is -1.88. The molecule has 2 rings (SSSR count). The van der Waals surface area contributed by atoms with Crippen LogP contribution in [0.2, 0.25) is 0 Å². The molecule has 1 aliphatic rings. The summed E-state index contributed by atoms with van der Waals surface area (Å²) in [5, 5.41) is 9.87. The average Bonchev–Trinajstić information content (AvgIpc) is 2.52. The van der Waals surface area contributed by atoms with Crippen molar-refractivity contribution in [2.75, 3.05) is 25.4 Å². The number of aliphatic hydroxyl groups is 1. The fourth-order valence-electron chi connectivity index (χ4n) is 2.93. The second-order valence-electron chi connectivity index (χ2n) is 6.44. The van der Waals surface area contributed by atoms with E-state index in [2.05, 4.69) is 24.9 Å². The first-order valence-corrected chi connectivity index (χ1v) is 7.71. The minimum Gasteiger partial charge on any atom is -0.396 e.